The molecule has 0 aliphatic carbocycles. The number of benzene rings is 1. The smallest absolute Gasteiger partial charge is 0.159 e. The average molecular weight is 471 g/mol. The van der Waals surface area contributed by atoms with Gasteiger partial charge in [-0.25, -0.2) is 4.98 Å². The van der Waals surface area contributed by atoms with E-state index < -0.39 is 0 Å². The summed E-state index contributed by atoms with van der Waals surface area (Å²) in [6.07, 6.45) is 7.90. The first kappa shape index (κ1) is 23.4. The van der Waals surface area contributed by atoms with Crippen molar-refractivity contribution >= 4 is 28.3 Å². The molecule has 2 fully saturated rings. The first-order valence-corrected chi connectivity index (χ1v) is 12.9. The standard InChI is InChI=1S/C28H34N6O/c1-21(35)22-6-8-24(9-7-22)32-15-17-33(18-16-32)27-11-10-26-23(19-29)20-34(28(26)31-27)25-5-3-2-4-13-30-14-12-25/h6-11,20,25,30H,2-5,12-18H2,1H3/t25-/m1/s1. The molecule has 0 amide bonds. The number of pyridine rings is 1. The molecule has 2 aliphatic rings. The lowest BCUT2D eigenvalue weighted by atomic mass is 10.1. The summed E-state index contributed by atoms with van der Waals surface area (Å²) in [5.74, 6) is 1.08. The van der Waals surface area contributed by atoms with Crippen LogP contribution >= 0.6 is 0 Å². The number of anilines is 2. The van der Waals surface area contributed by atoms with Crippen LogP contribution in [0.3, 0.4) is 0 Å². The summed E-state index contributed by atoms with van der Waals surface area (Å²) in [6, 6.07) is 14.8. The number of hydrogen-bond acceptors (Lipinski definition) is 6. The number of piperazine rings is 1. The summed E-state index contributed by atoms with van der Waals surface area (Å²) in [5.41, 5.74) is 3.55. The van der Waals surface area contributed by atoms with Crippen molar-refractivity contribution in [3.63, 3.8) is 0 Å². The lowest BCUT2D eigenvalue weighted by Gasteiger charge is -2.36. The number of nitriles is 1. The first-order chi connectivity index (χ1) is 17.1. The number of Topliss-reactive ketones (excluding diaryl/α,β-unsaturated/α-hetero) is 1. The number of rotatable bonds is 4. The third-order valence-electron chi connectivity index (χ3n) is 7.47. The second-order valence-corrected chi connectivity index (χ2v) is 9.72. The Hall–Kier alpha value is -3.37. The largest absolute Gasteiger partial charge is 0.368 e. The molecule has 7 heteroatoms. The molecule has 4 heterocycles. The number of nitrogens with zero attached hydrogens (tertiary/aromatic N) is 5. The Labute approximate surface area is 207 Å². The molecule has 1 N–H and O–H groups in total. The number of hydrogen-bond donors (Lipinski definition) is 1. The highest BCUT2D eigenvalue weighted by Crippen LogP contribution is 2.30. The summed E-state index contributed by atoms with van der Waals surface area (Å²) >= 11 is 0. The summed E-state index contributed by atoms with van der Waals surface area (Å²) in [4.78, 5) is 21.4. The van der Waals surface area contributed by atoms with Crippen LogP contribution < -0.4 is 15.1 Å². The van der Waals surface area contributed by atoms with Crippen LogP contribution in [0.25, 0.3) is 11.0 Å². The van der Waals surface area contributed by atoms with Gasteiger partial charge in [0.1, 0.15) is 17.5 Å². The minimum atomic E-state index is 0.0957. The van der Waals surface area contributed by atoms with E-state index in [2.05, 4.69) is 37.9 Å². The van der Waals surface area contributed by atoms with E-state index in [-0.39, 0.29) is 5.78 Å². The van der Waals surface area contributed by atoms with Crippen LogP contribution in [-0.4, -0.2) is 54.6 Å². The zero-order valence-electron chi connectivity index (χ0n) is 20.5. The molecule has 5 rings (SSSR count). The molecule has 2 aliphatic heterocycles. The van der Waals surface area contributed by atoms with Crippen molar-refractivity contribution in [3.8, 4) is 6.07 Å². The van der Waals surface area contributed by atoms with Crippen molar-refractivity contribution in [3.05, 3.63) is 53.7 Å². The minimum absolute atomic E-state index is 0.0957. The number of carbonyl (C=O) groups excluding carboxylic acids is 1. The Balaban J connectivity index is 1.35. The van der Waals surface area contributed by atoms with Gasteiger partial charge in [-0.1, -0.05) is 12.8 Å². The van der Waals surface area contributed by atoms with Crippen LogP contribution in [0.4, 0.5) is 11.5 Å². The van der Waals surface area contributed by atoms with Crippen LogP contribution in [0.1, 0.15) is 61.0 Å². The number of aromatic nitrogens is 2. The maximum Gasteiger partial charge on any atom is 0.159 e. The molecule has 0 unspecified atom stereocenters. The van der Waals surface area contributed by atoms with E-state index in [0.717, 1.165) is 80.2 Å². The molecule has 35 heavy (non-hydrogen) atoms. The van der Waals surface area contributed by atoms with Gasteiger partial charge in [-0.15, -0.1) is 0 Å². The summed E-state index contributed by atoms with van der Waals surface area (Å²) < 4.78 is 2.28. The van der Waals surface area contributed by atoms with Gasteiger partial charge < -0.3 is 19.7 Å². The third kappa shape index (κ3) is 5.03. The molecule has 0 spiro atoms. The Kier molecular flexibility index (Phi) is 7.01. The highest BCUT2D eigenvalue weighted by molar-refractivity contribution is 5.94. The molecule has 1 atom stereocenters. The normalized spacial score (nSPS) is 19.6. The molecule has 3 aromatic rings. The maximum absolute atomic E-state index is 11.6. The highest BCUT2D eigenvalue weighted by Gasteiger charge is 2.22. The molecule has 0 bridgehead atoms. The SMILES string of the molecule is CC(=O)c1ccc(N2CCN(c3ccc4c(C#N)cn([C@@H]5CCCCCNCC5)c4n3)CC2)cc1. The van der Waals surface area contributed by atoms with E-state index in [1.54, 1.807) is 6.92 Å². The summed E-state index contributed by atoms with van der Waals surface area (Å²) in [7, 11) is 0. The quantitative estimate of drug-likeness (QED) is 0.565. The number of ketones is 1. The van der Waals surface area contributed by atoms with Crippen molar-refractivity contribution in [2.24, 2.45) is 0 Å². The van der Waals surface area contributed by atoms with Crippen LogP contribution in [-0.2, 0) is 0 Å². The first-order valence-electron chi connectivity index (χ1n) is 12.9. The lowest BCUT2D eigenvalue weighted by molar-refractivity contribution is 0.101. The zero-order valence-corrected chi connectivity index (χ0v) is 20.5. The number of carbonyl (C=O) groups is 1. The van der Waals surface area contributed by atoms with Gasteiger partial charge in [-0.05, 0) is 75.7 Å². The van der Waals surface area contributed by atoms with Crippen molar-refractivity contribution < 1.29 is 4.79 Å². The Morgan fingerprint density at radius 3 is 2.49 bits per heavy atom. The predicted octanol–water partition coefficient (Wildman–Crippen LogP) is 4.53. The van der Waals surface area contributed by atoms with E-state index in [9.17, 15) is 10.1 Å². The van der Waals surface area contributed by atoms with Crippen molar-refractivity contribution in [2.45, 2.75) is 45.1 Å². The van der Waals surface area contributed by atoms with Crippen LogP contribution in [0.15, 0.2) is 42.6 Å². The minimum Gasteiger partial charge on any atom is -0.368 e. The lowest BCUT2D eigenvalue weighted by Crippen LogP contribution is -2.46. The van der Waals surface area contributed by atoms with E-state index in [1.165, 1.54) is 19.3 Å². The monoisotopic (exact) mass is 470 g/mol. The van der Waals surface area contributed by atoms with Gasteiger partial charge in [0.25, 0.3) is 0 Å². The number of fused-ring (bicyclic) bond motifs is 1. The second kappa shape index (κ2) is 10.5. The Morgan fingerprint density at radius 2 is 1.74 bits per heavy atom. The molecule has 7 nitrogen and oxygen atoms in total. The molecule has 0 radical (unpaired) electrons. The van der Waals surface area contributed by atoms with Crippen molar-refractivity contribution in [1.29, 1.82) is 5.26 Å². The van der Waals surface area contributed by atoms with Crippen LogP contribution in [0.5, 0.6) is 0 Å². The van der Waals surface area contributed by atoms with Gasteiger partial charge in [0, 0.05) is 55.1 Å². The molecule has 1 aromatic carbocycles. The van der Waals surface area contributed by atoms with Gasteiger partial charge in [-0.3, -0.25) is 4.79 Å². The van der Waals surface area contributed by atoms with E-state index in [0.29, 0.717) is 11.6 Å². The van der Waals surface area contributed by atoms with Gasteiger partial charge in [0.05, 0.1) is 5.56 Å². The molecular weight excluding hydrogens is 436 g/mol. The van der Waals surface area contributed by atoms with Crippen LogP contribution in [0.2, 0.25) is 0 Å². The fourth-order valence-electron chi connectivity index (χ4n) is 5.38. The van der Waals surface area contributed by atoms with Crippen molar-refractivity contribution in [1.82, 2.24) is 14.9 Å². The maximum atomic E-state index is 11.6. The fraction of sp³-hybridized carbons (Fsp3) is 0.464. The zero-order chi connectivity index (χ0) is 24.2. The molecular formula is C28H34N6O. The number of nitrogens with one attached hydrogen (secondary N) is 1. The Bertz CT molecular complexity index is 1210. The second-order valence-electron chi connectivity index (χ2n) is 9.72. The van der Waals surface area contributed by atoms with Gasteiger partial charge >= 0.3 is 0 Å². The average Bonchev–Trinajstić information content (AvgIpc) is 3.32. The topological polar surface area (TPSA) is 77.2 Å². The van der Waals surface area contributed by atoms with E-state index in [1.807, 2.05) is 30.5 Å². The molecule has 2 aromatic heterocycles. The summed E-state index contributed by atoms with van der Waals surface area (Å²) in [5, 5.41) is 14.3. The molecule has 2 saturated heterocycles. The van der Waals surface area contributed by atoms with E-state index >= 15 is 0 Å². The van der Waals surface area contributed by atoms with Crippen LogP contribution in [0, 0.1) is 11.3 Å². The van der Waals surface area contributed by atoms with Gasteiger partial charge in [0.2, 0.25) is 0 Å². The third-order valence-corrected chi connectivity index (χ3v) is 7.47. The molecule has 0 saturated carbocycles. The van der Waals surface area contributed by atoms with E-state index in [4.69, 9.17) is 4.98 Å². The van der Waals surface area contributed by atoms with Gasteiger partial charge in [-0.2, -0.15) is 5.26 Å². The molecule has 182 valence electrons. The summed E-state index contributed by atoms with van der Waals surface area (Å²) in [6.45, 7) is 7.26. The highest BCUT2D eigenvalue weighted by atomic mass is 16.1. The van der Waals surface area contributed by atoms with Crippen molar-refractivity contribution in [2.75, 3.05) is 49.1 Å². The fourth-order valence-corrected chi connectivity index (χ4v) is 5.38. The Morgan fingerprint density at radius 1 is 0.971 bits per heavy atom. The van der Waals surface area contributed by atoms with Gasteiger partial charge in [0.15, 0.2) is 5.78 Å². The predicted molar refractivity (Wildman–Crippen MR) is 140 cm³/mol.